The number of rotatable bonds is 4. The van der Waals surface area contributed by atoms with Gasteiger partial charge in [0, 0.05) is 0 Å². The summed E-state index contributed by atoms with van der Waals surface area (Å²) in [5.74, 6) is -0.946. The molecule has 0 aliphatic heterocycles. The van der Waals surface area contributed by atoms with E-state index in [1.807, 2.05) is 0 Å². The van der Waals surface area contributed by atoms with E-state index in [0.717, 1.165) is 0 Å². The van der Waals surface area contributed by atoms with E-state index < -0.39 is 24.1 Å². The number of ketones is 1. The van der Waals surface area contributed by atoms with E-state index in [2.05, 4.69) is 4.99 Å². The van der Waals surface area contributed by atoms with Crippen LogP contribution >= 0.6 is 12.4 Å². The first kappa shape index (κ1) is 17.8. The number of Topliss-reactive ketones (excluding diaryl/α,β-unsaturated/α-hetero) is 1. The van der Waals surface area contributed by atoms with Crippen molar-refractivity contribution < 1.29 is 22.4 Å². The first-order valence-corrected chi connectivity index (χ1v) is 5.94. The highest BCUT2D eigenvalue weighted by Crippen LogP contribution is 2.27. The number of aliphatic imine (C=N–C) groups is 1. The molecule has 8 heteroatoms. The molecule has 4 nitrogen and oxygen atoms in total. The van der Waals surface area contributed by atoms with Crippen molar-refractivity contribution in [3.8, 4) is 0 Å². The molecule has 0 spiro atoms. The van der Waals surface area contributed by atoms with E-state index in [1.165, 1.54) is 36.6 Å². The molecule has 0 aliphatic rings. The molecular formula is C14H12ClF3N2O2. The molecule has 22 heavy (non-hydrogen) atoms. The summed E-state index contributed by atoms with van der Waals surface area (Å²) >= 11 is 0. The second kappa shape index (κ2) is 7.13. The summed E-state index contributed by atoms with van der Waals surface area (Å²) in [6.45, 7) is 0. The highest BCUT2D eigenvalue weighted by Gasteiger charge is 2.37. The number of para-hydroxylation sites is 2. The highest BCUT2D eigenvalue weighted by atomic mass is 35.5. The molecule has 118 valence electrons. The van der Waals surface area contributed by atoms with Gasteiger partial charge in [0.25, 0.3) is 0 Å². The zero-order chi connectivity index (χ0) is 15.5. The number of anilines is 1. The van der Waals surface area contributed by atoms with Crippen LogP contribution in [0.1, 0.15) is 17.0 Å². The average molecular weight is 333 g/mol. The largest absolute Gasteiger partial charge is 0.461 e. The Bertz CT molecular complexity index is 667. The zero-order valence-electron chi connectivity index (χ0n) is 11.1. The number of carbonyl (C=O) groups excluding carboxylic acids is 1. The van der Waals surface area contributed by atoms with Crippen LogP contribution in [-0.4, -0.2) is 17.7 Å². The summed E-state index contributed by atoms with van der Waals surface area (Å²) < 4.78 is 43.7. The molecule has 0 aliphatic carbocycles. The molecular weight excluding hydrogens is 321 g/mol. The van der Waals surface area contributed by atoms with Gasteiger partial charge in [0.1, 0.15) is 5.71 Å². The highest BCUT2D eigenvalue weighted by molar-refractivity contribution is 6.11. The molecule has 2 rings (SSSR count). The van der Waals surface area contributed by atoms with E-state index in [4.69, 9.17) is 10.2 Å². The number of benzene rings is 1. The Morgan fingerprint density at radius 3 is 2.41 bits per heavy atom. The van der Waals surface area contributed by atoms with Gasteiger partial charge >= 0.3 is 6.18 Å². The molecule has 2 N–H and O–H groups in total. The van der Waals surface area contributed by atoms with Crippen LogP contribution in [0.25, 0.3) is 0 Å². The van der Waals surface area contributed by atoms with Gasteiger partial charge in [-0.05, 0) is 24.3 Å². The normalized spacial score (nSPS) is 11.9. The van der Waals surface area contributed by atoms with E-state index >= 15 is 0 Å². The summed E-state index contributed by atoms with van der Waals surface area (Å²) in [4.78, 5) is 15.2. The number of alkyl halides is 3. The Labute approximate surface area is 130 Å². The molecule has 0 atom stereocenters. The van der Waals surface area contributed by atoms with Crippen molar-refractivity contribution in [1.29, 1.82) is 0 Å². The first-order chi connectivity index (χ1) is 9.88. The van der Waals surface area contributed by atoms with Crippen molar-refractivity contribution in [2.75, 3.05) is 5.73 Å². The smallest absolute Gasteiger partial charge is 0.429 e. The summed E-state index contributed by atoms with van der Waals surface area (Å²) in [6, 6.07) is 8.59. The number of nitrogen functional groups attached to an aromatic ring is 1. The van der Waals surface area contributed by atoms with Crippen LogP contribution in [0.5, 0.6) is 0 Å². The van der Waals surface area contributed by atoms with Crippen LogP contribution in [0.15, 0.2) is 52.1 Å². The van der Waals surface area contributed by atoms with Gasteiger partial charge in [-0.25, -0.2) is 4.99 Å². The van der Waals surface area contributed by atoms with Gasteiger partial charge in [0.05, 0.1) is 24.1 Å². The number of hydrogen-bond donors (Lipinski definition) is 1. The number of hydrogen-bond acceptors (Lipinski definition) is 4. The maximum absolute atomic E-state index is 13.0. The minimum Gasteiger partial charge on any atom is -0.461 e. The van der Waals surface area contributed by atoms with Gasteiger partial charge in [0.2, 0.25) is 5.78 Å². The monoisotopic (exact) mass is 332 g/mol. The predicted octanol–water partition coefficient (Wildman–Crippen LogP) is 4.19. The summed E-state index contributed by atoms with van der Waals surface area (Å²) in [7, 11) is 0. The fourth-order valence-electron chi connectivity index (χ4n) is 1.61. The third-order valence-electron chi connectivity index (χ3n) is 2.64. The second-order valence-electron chi connectivity index (χ2n) is 4.19. The van der Waals surface area contributed by atoms with Crippen molar-refractivity contribution in [1.82, 2.24) is 0 Å². The molecule has 0 amide bonds. The van der Waals surface area contributed by atoms with Crippen LogP contribution < -0.4 is 5.73 Å². The van der Waals surface area contributed by atoms with Gasteiger partial charge in [-0.1, -0.05) is 12.1 Å². The average Bonchev–Trinajstić information content (AvgIpc) is 2.93. The van der Waals surface area contributed by atoms with Crippen LogP contribution in [0.3, 0.4) is 0 Å². The first-order valence-electron chi connectivity index (χ1n) is 5.94. The maximum atomic E-state index is 13.0. The third-order valence-corrected chi connectivity index (χ3v) is 2.64. The number of nitrogens with two attached hydrogens (primary N) is 1. The lowest BCUT2D eigenvalue weighted by atomic mass is 10.1. The molecule has 1 aromatic heterocycles. The van der Waals surface area contributed by atoms with Crippen molar-refractivity contribution in [3.05, 3.63) is 48.4 Å². The van der Waals surface area contributed by atoms with Gasteiger partial charge in [-0.3, -0.25) is 4.79 Å². The molecule has 1 heterocycles. The Morgan fingerprint density at radius 2 is 1.86 bits per heavy atom. The van der Waals surface area contributed by atoms with Crippen LogP contribution in [-0.2, 0) is 0 Å². The van der Waals surface area contributed by atoms with Crippen LogP contribution in [0, 0.1) is 0 Å². The van der Waals surface area contributed by atoms with E-state index in [9.17, 15) is 18.0 Å². The van der Waals surface area contributed by atoms with Crippen LogP contribution in [0.2, 0.25) is 0 Å². The molecule has 0 fully saturated rings. The molecule has 0 unspecified atom stereocenters. The molecule has 0 saturated carbocycles. The van der Waals surface area contributed by atoms with Crippen molar-refractivity contribution in [2.24, 2.45) is 4.99 Å². The Hall–Kier alpha value is -2.28. The number of halogens is 4. The lowest BCUT2D eigenvalue weighted by molar-refractivity contribution is -0.0601. The Balaban J connectivity index is 0.00000242. The van der Waals surface area contributed by atoms with Crippen LogP contribution in [0.4, 0.5) is 24.5 Å². The SMILES string of the molecule is Cl.Nc1ccccc1N=C(CC(=O)c1ccco1)C(F)(F)F. The Morgan fingerprint density at radius 1 is 1.18 bits per heavy atom. The van der Waals surface area contributed by atoms with Gasteiger partial charge in [0.15, 0.2) is 5.76 Å². The predicted molar refractivity (Wildman–Crippen MR) is 78.9 cm³/mol. The minimum absolute atomic E-state index is 0. The summed E-state index contributed by atoms with van der Waals surface area (Å²) in [5.41, 5.74) is 4.41. The molecule has 0 radical (unpaired) electrons. The second-order valence-corrected chi connectivity index (χ2v) is 4.19. The fraction of sp³-hybridized carbons (Fsp3) is 0.143. The number of nitrogens with zero attached hydrogens (tertiary/aromatic N) is 1. The zero-order valence-corrected chi connectivity index (χ0v) is 11.9. The quantitative estimate of drug-likeness (QED) is 0.518. The standard InChI is InChI=1S/C14H11F3N2O2.ClH/c15-14(16,17)13(8-11(20)12-6-3-7-21-12)19-10-5-2-1-4-9(10)18;/h1-7H,8,18H2;1H. The molecule has 0 bridgehead atoms. The lowest BCUT2D eigenvalue weighted by Crippen LogP contribution is -2.25. The Kier molecular flexibility index (Phi) is 5.76. The topological polar surface area (TPSA) is 68.6 Å². The molecule has 0 saturated heterocycles. The van der Waals surface area contributed by atoms with Gasteiger partial charge < -0.3 is 10.2 Å². The summed E-state index contributed by atoms with van der Waals surface area (Å²) in [5, 5.41) is 0. The lowest BCUT2D eigenvalue weighted by Gasteiger charge is -2.10. The minimum atomic E-state index is -4.73. The van der Waals surface area contributed by atoms with E-state index in [-0.39, 0.29) is 29.5 Å². The number of furan rings is 1. The molecule has 2 aromatic rings. The van der Waals surface area contributed by atoms with Gasteiger partial charge in [-0.2, -0.15) is 13.2 Å². The van der Waals surface area contributed by atoms with E-state index in [0.29, 0.717) is 0 Å². The number of carbonyl (C=O) groups is 1. The van der Waals surface area contributed by atoms with Gasteiger partial charge in [-0.15, -0.1) is 12.4 Å². The van der Waals surface area contributed by atoms with Crippen molar-refractivity contribution in [2.45, 2.75) is 12.6 Å². The fourth-order valence-corrected chi connectivity index (χ4v) is 1.61. The summed E-state index contributed by atoms with van der Waals surface area (Å²) in [6.07, 6.45) is -4.43. The van der Waals surface area contributed by atoms with Crippen molar-refractivity contribution >= 4 is 35.3 Å². The third kappa shape index (κ3) is 4.36. The molecule has 1 aromatic carbocycles. The van der Waals surface area contributed by atoms with E-state index in [1.54, 1.807) is 6.07 Å². The van der Waals surface area contributed by atoms with Crippen molar-refractivity contribution in [3.63, 3.8) is 0 Å². The maximum Gasteiger partial charge on any atom is 0.429 e.